The lowest BCUT2D eigenvalue weighted by atomic mass is 10.1. The Bertz CT molecular complexity index is 636. The molecule has 1 aromatic carbocycles. The Labute approximate surface area is 131 Å². The van der Waals surface area contributed by atoms with E-state index in [1.54, 1.807) is 0 Å². The van der Waals surface area contributed by atoms with Crippen molar-refractivity contribution in [3.05, 3.63) is 29.3 Å². The molecule has 1 aromatic rings. The summed E-state index contributed by atoms with van der Waals surface area (Å²) >= 11 is 0. The number of likely N-dealkylation sites (N-methyl/N-ethyl adjacent to an activating group) is 1. The lowest BCUT2D eigenvalue weighted by Crippen LogP contribution is -2.38. The molecule has 1 aliphatic carbocycles. The number of aliphatic hydroxyl groups excluding tert-OH is 1. The van der Waals surface area contributed by atoms with Gasteiger partial charge in [0.25, 0.3) is 0 Å². The molecule has 8 heteroatoms. The highest BCUT2D eigenvalue weighted by Gasteiger charge is 2.34. The number of aliphatic hydroxyl groups is 1. The van der Waals surface area contributed by atoms with Gasteiger partial charge in [0.05, 0.1) is 23.3 Å². The van der Waals surface area contributed by atoms with Crippen molar-refractivity contribution in [3.63, 3.8) is 0 Å². The third kappa shape index (κ3) is 4.36. The number of rotatable bonds is 4. The molecule has 1 unspecified atom stereocenters. The Balaban J connectivity index is 2.07. The van der Waals surface area contributed by atoms with Crippen LogP contribution in [0.4, 0.5) is 23.7 Å². The molecule has 1 atom stereocenters. The third-order valence-corrected chi connectivity index (χ3v) is 3.67. The lowest BCUT2D eigenvalue weighted by Gasteiger charge is -2.21. The van der Waals surface area contributed by atoms with Gasteiger partial charge in [-0.15, -0.1) is 0 Å². The zero-order valence-corrected chi connectivity index (χ0v) is 12.4. The molecule has 0 spiro atoms. The molecule has 0 aliphatic heterocycles. The molecule has 0 heterocycles. The number of anilines is 1. The highest BCUT2D eigenvalue weighted by atomic mass is 19.4. The largest absolute Gasteiger partial charge is 0.417 e. The second-order valence-corrected chi connectivity index (χ2v) is 5.59. The molecule has 23 heavy (non-hydrogen) atoms. The predicted octanol–water partition coefficient (Wildman–Crippen LogP) is 2.81. The number of alkyl halides is 3. The minimum absolute atomic E-state index is 0.0610. The number of carbonyl (C=O) groups is 1. The van der Waals surface area contributed by atoms with E-state index in [0.29, 0.717) is 0 Å². The second-order valence-electron chi connectivity index (χ2n) is 5.59. The fourth-order valence-electron chi connectivity index (χ4n) is 2.17. The summed E-state index contributed by atoms with van der Waals surface area (Å²) in [5.74, 6) is 0.192. The molecular formula is C15H16F3N3O2. The minimum atomic E-state index is -4.68. The number of amides is 2. The first-order valence-electron chi connectivity index (χ1n) is 7.04. The zero-order valence-electron chi connectivity index (χ0n) is 12.4. The summed E-state index contributed by atoms with van der Waals surface area (Å²) in [7, 11) is 1.45. The molecule has 2 N–H and O–H groups in total. The lowest BCUT2D eigenvalue weighted by molar-refractivity contribution is -0.137. The van der Waals surface area contributed by atoms with Gasteiger partial charge in [0.2, 0.25) is 0 Å². The Morgan fingerprint density at radius 2 is 2.17 bits per heavy atom. The van der Waals surface area contributed by atoms with Crippen LogP contribution >= 0.6 is 0 Å². The highest BCUT2D eigenvalue weighted by Crippen LogP contribution is 2.34. The van der Waals surface area contributed by atoms with Gasteiger partial charge in [-0.3, -0.25) is 0 Å². The van der Waals surface area contributed by atoms with Gasteiger partial charge < -0.3 is 15.3 Å². The number of benzene rings is 1. The van der Waals surface area contributed by atoms with Crippen molar-refractivity contribution >= 4 is 11.7 Å². The number of hydrogen-bond acceptors (Lipinski definition) is 3. The number of carbonyl (C=O) groups excluding carboxylic acids is 1. The van der Waals surface area contributed by atoms with Crippen molar-refractivity contribution in [3.8, 4) is 6.07 Å². The molecule has 0 saturated heterocycles. The van der Waals surface area contributed by atoms with Crippen molar-refractivity contribution in [2.45, 2.75) is 25.1 Å². The zero-order chi connectivity index (χ0) is 17.2. The molecule has 5 nitrogen and oxygen atoms in total. The first kappa shape index (κ1) is 17.1. The smallest absolute Gasteiger partial charge is 0.391 e. The molecule has 2 amide bonds. The Kier molecular flexibility index (Phi) is 4.80. The summed E-state index contributed by atoms with van der Waals surface area (Å²) in [6.45, 7) is 0.110. The van der Waals surface area contributed by atoms with Crippen molar-refractivity contribution in [2.24, 2.45) is 5.92 Å². The maximum absolute atomic E-state index is 12.9. The summed E-state index contributed by atoms with van der Waals surface area (Å²) in [6.07, 6.45) is -3.47. The number of nitrogens with one attached hydrogen (secondary N) is 1. The Morgan fingerprint density at radius 1 is 1.52 bits per heavy atom. The van der Waals surface area contributed by atoms with Gasteiger partial charge in [0.1, 0.15) is 0 Å². The summed E-state index contributed by atoms with van der Waals surface area (Å²) < 4.78 is 38.6. The van der Waals surface area contributed by atoms with Crippen molar-refractivity contribution in [1.82, 2.24) is 4.90 Å². The number of halogens is 3. The van der Waals surface area contributed by atoms with E-state index in [1.807, 2.05) is 0 Å². The molecule has 0 bridgehead atoms. The molecule has 0 aromatic heterocycles. The Hall–Kier alpha value is -2.27. The molecule has 124 valence electrons. The van der Waals surface area contributed by atoms with E-state index in [4.69, 9.17) is 5.26 Å². The third-order valence-electron chi connectivity index (χ3n) is 3.67. The van der Waals surface area contributed by atoms with Crippen LogP contribution in [-0.4, -0.2) is 35.7 Å². The van der Waals surface area contributed by atoms with Crippen LogP contribution in [0.3, 0.4) is 0 Å². The van der Waals surface area contributed by atoms with Gasteiger partial charge in [-0.2, -0.15) is 18.4 Å². The molecule has 1 aliphatic rings. The van der Waals surface area contributed by atoms with E-state index < -0.39 is 29.4 Å². The maximum Gasteiger partial charge on any atom is 0.417 e. The monoisotopic (exact) mass is 327 g/mol. The number of hydrogen-bond donors (Lipinski definition) is 2. The van der Waals surface area contributed by atoms with Crippen molar-refractivity contribution < 1.29 is 23.1 Å². The summed E-state index contributed by atoms with van der Waals surface area (Å²) in [5, 5.41) is 20.9. The summed E-state index contributed by atoms with van der Waals surface area (Å²) in [5.41, 5.74) is -1.67. The van der Waals surface area contributed by atoms with Gasteiger partial charge in [0, 0.05) is 19.3 Å². The van der Waals surface area contributed by atoms with Gasteiger partial charge in [-0.1, -0.05) is 0 Å². The van der Waals surface area contributed by atoms with Crippen LogP contribution in [0, 0.1) is 17.2 Å². The fraction of sp³-hybridized carbons (Fsp3) is 0.467. The van der Waals surface area contributed by atoms with Gasteiger partial charge >= 0.3 is 12.2 Å². The molecule has 1 fully saturated rings. The molecule has 1 saturated carbocycles. The SMILES string of the molecule is CN(CC(O)C1CC1)C(=O)Nc1ccc(C#N)c(C(F)(F)F)c1. The van der Waals surface area contributed by atoms with Crippen LogP contribution in [0.25, 0.3) is 0 Å². The van der Waals surface area contributed by atoms with Crippen LogP contribution in [0.5, 0.6) is 0 Å². The quantitative estimate of drug-likeness (QED) is 0.893. The van der Waals surface area contributed by atoms with Crippen molar-refractivity contribution in [2.75, 3.05) is 18.9 Å². The average Bonchev–Trinajstić information content (AvgIpc) is 3.30. The summed E-state index contributed by atoms with van der Waals surface area (Å²) in [4.78, 5) is 13.2. The highest BCUT2D eigenvalue weighted by molar-refractivity contribution is 5.89. The van der Waals surface area contributed by atoms with Crippen LogP contribution in [-0.2, 0) is 6.18 Å². The topological polar surface area (TPSA) is 76.4 Å². The van der Waals surface area contributed by atoms with E-state index in [9.17, 15) is 23.1 Å². The molecule has 2 rings (SSSR count). The maximum atomic E-state index is 12.9. The van der Waals surface area contributed by atoms with Gasteiger partial charge in [-0.05, 0) is 37.0 Å². The van der Waals surface area contributed by atoms with Gasteiger partial charge in [-0.25, -0.2) is 4.79 Å². The molecular weight excluding hydrogens is 311 g/mol. The first-order valence-corrected chi connectivity index (χ1v) is 7.04. The van der Waals surface area contributed by atoms with Gasteiger partial charge in [0.15, 0.2) is 0 Å². The fourth-order valence-corrected chi connectivity index (χ4v) is 2.17. The summed E-state index contributed by atoms with van der Waals surface area (Å²) in [6, 6.07) is 3.82. The second kappa shape index (κ2) is 6.46. The van der Waals surface area contributed by atoms with Crippen LogP contribution < -0.4 is 5.32 Å². The van der Waals surface area contributed by atoms with E-state index in [1.165, 1.54) is 24.1 Å². The van der Waals surface area contributed by atoms with E-state index in [-0.39, 0.29) is 18.2 Å². The number of nitrogens with zero attached hydrogens (tertiary/aromatic N) is 2. The average molecular weight is 327 g/mol. The number of nitriles is 1. The van der Waals surface area contributed by atoms with Crippen LogP contribution in [0.2, 0.25) is 0 Å². The van der Waals surface area contributed by atoms with Crippen molar-refractivity contribution in [1.29, 1.82) is 5.26 Å². The minimum Gasteiger partial charge on any atom is -0.391 e. The van der Waals surface area contributed by atoms with Crippen LogP contribution in [0.1, 0.15) is 24.0 Å². The molecule has 0 radical (unpaired) electrons. The van der Waals surface area contributed by atoms with E-state index in [0.717, 1.165) is 25.0 Å². The normalized spacial score (nSPS) is 15.7. The first-order chi connectivity index (χ1) is 10.7. The van der Waals surface area contributed by atoms with Crippen LogP contribution in [0.15, 0.2) is 18.2 Å². The van der Waals surface area contributed by atoms with E-state index >= 15 is 0 Å². The number of urea groups is 1. The van der Waals surface area contributed by atoms with E-state index in [2.05, 4.69) is 5.32 Å². The Morgan fingerprint density at radius 3 is 2.70 bits per heavy atom. The predicted molar refractivity (Wildman–Crippen MR) is 76.5 cm³/mol. The standard InChI is InChI=1S/C15H16F3N3O2/c1-21(8-13(22)9-2-3-9)14(23)20-11-5-4-10(7-19)12(6-11)15(16,17)18/h4-6,9,13,22H,2-3,8H2,1H3,(H,20,23).